The maximum atomic E-state index is 12.0. The van der Waals surface area contributed by atoms with Gasteiger partial charge in [0.05, 0.1) is 12.3 Å². The van der Waals surface area contributed by atoms with E-state index in [2.05, 4.69) is 9.97 Å². The fraction of sp³-hybridized carbons (Fsp3) is 0.267. The van der Waals surface area contributed by atoms with E-state index in [-0.39, 0.29) is 0 Å². The van der Waals surface area contributed by atoms with Crippen LogP contribution in [-0.2, 0) is 11.2 Å². The topological polar surface area (TPSA) is 52.1 Å². The summed E-state index contributed by atoms with van der Waals surface area (Å²) < 4.78 is 5.04. The first-order valence-electron chi connectivity index (χ1n) is 6.45. The summed E-state index contributed by atoms with van der Waals surface area (Å²) in [6, 6.07) is 7.27. The lowest BCUT2D eigenvalue weighted by Crippen LogP contribution is -2.10. The van der Waals surface area contributed by atoms with Crippen molar-refractivity contribution in [2.24, 2.45) is 0 Å². The van der Waals surface area contributed by atoms with E-state index in [9.17, 15) is 4.79 Å². The number of benzene rings is 1. The third-order valence-corrected chi connectivity index (χ3v) is 3.11. The van der Waals surface area contributed by atoms with E-state index in [0.717, 1.165) is 0 Å². The number of nitrogens with zero attached hydrogens (tertiary/aromatic N) is 2. The van der Waals surface area contributed by atoms with Gasteiger partial charge in [0.2, 0.25) is 0 Å². The van der Waals surface area contributed by atoms with Crippen molar-refractivity contribution in [2.45, 2.75) is 20.3 Å². The number of carbonyl (C=O) groups excluding carboxylic acids is 1. The molecule has 0 spiro atoms. The Hall–Kier alpha value is -1.94. The Morgan fingerprint density at radius 2 is 2.05 bits per heavy atom. The van der Waals surface area contributed by atoms with Gasteiger partial charge in [-0.05, 0) is 13.0 Å². The molecule has 0 radical (unpaired) electrons. The molecular formula is C15H15ClN2O2. The molecule has 0 aliphatic heterocycles. The van der Waals surface area contributed by atoms with Crippen LogP contribution in [0.2, 0.25) is 5.02 Å². The molecule has 4 nitrogen and oxygen atoms in total. The second kappa shape index (κ2) is 6.48. The van der Waals surface area contributed by atoms with Gasteiger partial charge in [-0.1, -0.05) is 36.7 Å². The molecule has 0 N–H and O–H groups in total. The number of hydrogen-bond acceptors (Lipinski definition) is 4. The average molecular weight is 291 g/mol. The second-order valence-corrected chi connectivity index (χ2v) is 4.51. The average Bonchev–Trinajstić information content (AvgIpc) is 2.47. The lowest BCUT2D eigenvalue weighted by atomic mass is 10.1. The van der Waals surface area contributed by atoms with E-state index in [1.807, 2.05) is 25.1 Å². The van der Waals surface area contributed by atoms with Crippen LogP contribution in [0.5, 0.6) is 0 Å². The van der Waals surface area contributed by atoms with Crippen LogP contribution >= 0.6 is 11.6 Å². The van der Waals surface area contributed by atoms with Crippen LogP contribution in [0.15, 0.2) is 30.5 Å². The maximum Gasteiger partial charge on any atom is 0.341 e. The first-order valence-corrected chi connectivity index (χ1v) is 6.83. The first kappa shape index (κ1) is 14.5. The molecule has 5 heteroatoms. The standard InChI is InChI=1S/C15H15ClN2O2/c1-3-13-17-9-11(15(19)20-4-2)14(18-13)10-7-5-6-8-12(10)16/h5-9H,3-4H2,1-2H3. The molecular weight excluding hydrogens is 276 g/mol. The van der Waals surface area contributed by atoms with E-state index in [1.165, 1.54) is 6.20 Å². The van der Waals surface area contributed by atoms with Gasteiger partial charge in [0, 0.05) is 23.2 Å². The molecule has 2 aromatic rings. The van der Waals surface area contributed by atoms with Crippen LogP contribution in [-0.4, -0.2) is 22.5 Å². The summed E-state index contributed by atoms with van der Waals surface area (Å²) in [5, 5.41) is 0.541. The Balaban J connectivity index is 2.59. The van der Waals surface area contributed by atoms with Gasteiger partial charge < -0.3 is 4.74 Å². The highest BCUT2D eigenvalue weighted by Crippen LogP contribution is 2.29. The van der Waals surface area contributed by atoms with Crippen LogP contribution < -0.4 is 0 Å². The fourth-order valence-corrected chi connectivity index (χ4v) is 2.03. The third kappa shape index (κ3) is 2.96. The zero-order valence-corrected chi connectivity index (χ0v) is 12.1. The van der Waals surface area contributed by atoms with Crippen molar-refractivity contribution in [2.75, 3.05) is 6.61 Å². The highest BCUT2D eigenvalue weighted by molar-refractivity contribution is 6.33. The van der Waals surface area contributed by atoms with Crippen molar-refractivity contribution >= 4 is 17.6 Å². The molecule has 20 heavy (non-hydrogen) atoms. The molecule has 0 aliphatic carbocycles. The Labute approximate surface area is 122 Å². The van der Waals surface area contributed by atoms with Gasteiger partial charge in [-0.3, -0.25) is 0 Å². The normalized spacial score (nSPS) is 10.3. The summed E-state index contributed by atoms with van der Waals surface area (Å²) in [6.45, 7) is 4.01. The largest absolute Gasteiger partial charge is 0.462 e. The van der Waals surface area contributed by atoms with Gasteiger partial charge in [0.15, 0.2) is 0 Å². The highest BCUT2D eigenvalue weighted by Gasteiger charge is 2.18. The van der Waals surface area contributed by atoms with Crippen LogP contribution in [0.25, 0.3) is 11.3 Å². The molecule has 1 aromatic carbocycles. The van der Waals surface area contributed by atoms with E-state index >= 15 is 0 Å². The van der Waals surface area contributed by atoms with Gasteiger partial charge >= 0.3 is 5.97 Å². The SMILES string of the molecule is CCOC(=O)c1cnc(CC)nc1-c1ccccc1Cl. The molecule has 0 unspecified atom stereocenters. The molecule has 0 atom stereocenters. The van der Waals surface area contributed by atoms with Gasteiger partial charge in [0.1, 0.15) is 11.4 Å². The zero-order valence-electron chi connectivity index (χ0n) is 11.4. The number of rotatable bonds is 4. The predicted molar refractivity (Wildman–Crippen MR) is 77.8 cm³/mol. The number of esters is 1. The van der Waals surface area contributed by atoms with Crippen LogP contribution in [0.3, 0.4) is 0 Å². The van der Waals surface area contributed by atoms with Gasteiger partial charge in [-0.15, -0.1) is 0 Å². The minimum Gasteiger partial charge on any atom is -0.462 e. The van der Waals surface area contributed by atoms with Crippen molar-refractivity contribution in [3.05, 3.63) is 46.9 Å². The minimum atomic E-state index is -0.440. The molecule has 1 heterocycles. The van der Waals surface area contributed by atoms with Crippen molar-refractivity contribution in [1.82, 2.24) is 9.97 Å². The summed E-state index contributed by atoms with van der Waals surface area (Å²) in [7, 11) is 0. The minimum absolute atomic E-state index is 0.302. The maximum absolute atomic E-state index is 12.0. The molecule has 0 amide bonds. The molecule has 2 rings (SSSR count). The quantitative estimate of drug-likeness (QED) is 0.808. The Bertz CT molecular complexity index is 629. The summed E-state index contributed by atoms with van der Waals surface area (Å²) in [5.74, 6) is 0.220. The fourth-order valence-electron chi connectivity index (χ4n) is 1.81. The van der Waals surface area contributed by atoms with Crippen LogP contribution in [0.4, 0.5) is 0 Å². The number of aryl methyl sites for hydroxylation is 1. The molecule has 0 saturated heterocycles. The van der Waals surface area contributed by atoms with Crippen molar-refractivity contribution < 1.29 is 9.53 Å². The van der Waals surface area contributed by atoms with E-state index in [0.29, 0.717) is 40.7 Å². The first-order chi connectivity index (χ1) is 9.67. The lowest BCUT2D eigenvalue weighted by Gasteiger charge is -2.10. The Kier molecular flexibility index (Phi) is 4.69. The number of ether oxygens (including phenoxy) is 1. The summed E-state index contributed by atoms with van der Waals surface area (Å²) in [5.41, 5.74) is 1.55. The van der Waals surface area contributed by atoms with Crippen LogP contribution in [0.1, 0.15) is 30.0 Å². The number of aromatic nitrogens is 2. The lowest BCUT2D eigenvalue weighted by molar-refractivity contribution is 0.0526. The molecule has 104 valence electrons. The number of hydrogen-bond donors (Lipinski definition) is 0. The highest BCUT2D eigenvalue weighted by atomic mass is 35.5. The van der Waals surface area contributed by atoms with E-state index in [4.69, 9.17) is 16.3 Å². The number of halogens is 1. The van der Waals surface area contributed by atoms with E-state index in [1.54, 1.807) is 13.0 Å². The molecule has 0 saturated carbocycles. The predicted octanol–water partition coefficient (Wildman–Crippen LogP) is 3.54. The van der Waals surface area contributed by atoms with Crippen LogP contribution in [0, 0.1) is 0 Å². The van der Waals surface area contributed by atoms with Crippen molar-refractivity contribution in [1.29, 1.82) is 0 Å². The monoisotopic (exact) mass is 290 g/mol. The summed E-state index contributed by atoms with van der Waals surface area (Å²) >= 11 is 6.20. The molecule has 0 aliphatic rings. The zero-order chi connectivity index (χ0) is 14.5. The second-order valence-electron chi connectivity index (χ2n) is 4.10. The third-order valence-electron chi connectivity index (χ3n) is 2.78. The van der Waals surface area contributed by atoms with Crippen molar-refractivity contribution in [3.8, 4) is 11.3 Å². The van der Waals surface area contributed by atoms with E-state index < -0.39 is 5.97 Å². The summed E-state index contributed by atoms with van der Waals surface area (Å²) in [4.78, 5) is 20.6. The number of carbonyl (C=O) groups is 1. The van der Waals surface area contributed by atoms with Gasteiger partial charge in [-0.25, -0.2) is 14.8 Å². The Morgan fingerprint density at radius 3 is 2.70 bits per heavy atom. The van der Waals surface area contributed by atoms with Gasteiger partial charge in [-0.2, -0.15) is 0 Å². The summed E-state index contributed by atoms with van der Waals surface area (Å²) in [6.07, 6.45) is 2.18. The molecule has 0 bridgehead atoms. The van der Waals surface area contributed by atoms with Crippen molar-refractivity contribution in [3.63, 3.8) is 0 Å². The smallest absolute Gasteiger partial charge is 0.341 e. The molecule has 1 aromatic heterocycles. The molecule has 0 fully saturated rings. The van der Waals surface area contributed by atoms with Gasteiger partial charge in [0.25, 0.3) is 0 Å². The Morgan fingerprint density at radius 1 is 1.30 bits per heavy atom.